The number of hydrogen-bond donors (Lipinski definition) is 0. The molecule has 0 spiro atoms. The van der Waals surface area contributed by atoms with Crippen LogP contribution in [0.1, 0.15) is 13.3 Å². The maximum atomic E-state index is 4.69. The molecule has 0 saturated carbocycles. The van der Waals surface area contributed by atoms with E-state index in [0.29, 0.717) is 0 Å². The summed E-state index contributed by atoms with van der Waals surface area (Å²) >= 11 is 0. The number of ether oxygens (including phenoxy) is 1. The van der Waals surface area contributed by atoms with Crippen molar-refractivity contribution in [3.8, 4) is 0 Å². The highest BCUT2D eigenvalue weighted by Crippen LogP contribution is 1.70. The fourth-order valence-electron chi connectivity index (χ4n) is 0.204. The molecule has 0 saturated heterocycles. The van der Waals surface area contributed by atoms with Crippen molar-refractivity contribution >= 4 is 11.0 Å². The highest BCUT2D eigenvalue weighted by molar-refractivity contribution is 5.75. The van der Waals surface area contributed by atoms with Crippen molar-refractivity contribution in [2.24, 2.45) is 0 Å². The second-order valence-electron chi connectivity index (χ2n) is 0.993. The van der Waals surface area contributed by atoms with Gasteiger partial charge < -0.3 is 4.74 Å². The Morgan fingerprint density at radius 3 is 2.00 bits per heavy atom. The Balaban J connectivity index is 0. The zero-order chi connectivity index (χ0) is 4.12. The summed E-state index contributed by atoms with van der Waals surface area (Å²) in [4.78, 5) is 0. The molecule has 0 unspecified atom stereocenters. The number of hydrogen-bond acceptors (Lipinski definition) is 1. The molecule has 0 radical (unpaired) electrons. The van der Waals surface area contributed by atoms with Crippen LogP contribution in [-0.4, -0.2) is 24.7 Å². The van der Waals surface area contributed by atoms with Crippen LogP contribution in [0.25, 0.3) is 0 Å². The van der Waals surface area contributed by atoms with Crippen LogP contribution in [0.4, 0.5) is 0 Å². The lowest BCUT2D eigenvalue weighted by Gasteiger charge is -1.84. The summed E-state index contributed by atoms with van der Waals surface area (Å²) in [5, 5.41) is 0. The van der Waals surface area contributed by atoms with Crippen LogP contribution in [0.2, 0.25) is 0 Å². The monoisotopic (exact) mass is 106 g/mol. The molecule has 40 valence electrons. The van der Waals surface area contributed by atoms with E-state index in [1.54, 1.807) is 7.11 Å². The Labute approximate surface area is 43.7 Å². The summed E-state index contributed by atoms with van der Waals surface area (Å²) in [5.74, 6) is 0. The maximum absolute atomic E-state index is 4.69. The van der Waals surface area contributed by atoms with Crippen molar-refractivity contribution < 1.29 is 4.74 Å². The Kier molecular flexibility index (Phi) is 14.2. The molecule has 0 bridgehead atoms. The molecule has 0 N–H and O–H groups in total. The average Bonchev–Trinajstić information content (AvgIpc) is 1.41. The van der Waals surface area contributed by atoms with Gasteiger partial charge in [0.2, 0.25) is 0 Å². The van der Waals surface area contributed by atoms with Crippen LogP contribution in [0.15, 0.2) is 0 Å². The van der Waals surface area contributed by atoms with Crippen molar-refractivity contribution in [2.45, 2.75) is 13.3 Å². The molecule has 0 aromatic rings. The fraction of sp³-hybridized carbons (Fsp3) is 1.00. The first-order chi connectivity index (χ1) is 2.41. The zero-order valence-corrected chi connectivity index (χ0v) is 3.82. The van der Waals surface area contributed by atoms with Crippen LogP contribution in [0.3, 0.4) is 0 Å². The zero-order valence-electron chi connectivity index (χ0n) is 3.82. The summed E-state index contributed by atoms with van der Waals surface area (Å²) in [5.41, 5.74) is 0. The molecular weight excluding hydrogens is 92.1 g/mol. The minimum atomic E-state index is 0. The van der Waals surface area contributed by atoms with Crippen LogP contribution in [0.5, 0.6) is 0 Å². The van der Waals surface area contributed by atoms with Gasteiger partial charge in [0.05, 0.1) is 0 Å². The summed E-state index contributed by atoms with van der Waals surface area (Å²) in [6.07, 6.45) is 1.12. The Morgan fingerprint density at radius 1 is 1.50 bits per heavy atom. The Bertz CT molecular complexity index is 15.0. The average molecular weight is 106 g/mol. The highest BCUT2D eigenvalue weighted by atomic mass is 28.1. The second-order valence-corrected chi connectivity index (χ2v) is 0.993. The third-order valence-electron chi connectivity index (χ3n) is 0.408. The van der Waals surface area contributed by atoms with Gasteiger partial charge in [0.1, 0.15) is 0 Å². The summed E-state index contributed by atoms with van der Waals surface area (Å²) < 4.78 is 4.69. The summed E-state index contributed by atoms with van der Waals surface area (Å²) in [6.45, 7) is 2.98. The molecule has 6 heavy (non-hydrogen) atoms. The van der Waals surface area contributed by atoms with Gasteiger partial charge in [-0.05, 0) is 17.4 Å². The Hall–Kier alpha value is 0.177. The molecule has 2 heteroatoms. The summed E-state index contributed by atoms with van der Waals surface area (Å²) in [7, 11) is 1.71. The molecule has 0 rings (SSSR count). The van der Waals surface area contributed by atoms with E-state index < -0.39 is 0 Å². The van der Waals surface area contributed by atoms with Crippen molar-refractivity contribution in [2.75, 3.05) is 13.7 Å². The minimum Gasteiger partial charge on any atom is -0.385 e. The highest BCUT2D eigenvalue weighted by Gasteiger charge is 1.66. The van der Waals surface area contributed by atoms with E-state index in [4.69, 9.17) is 4.74 Å². The molecule has 0 aliphatic rings. The van der Waals surface area contributed by atoms with Crippen LogP contribution in [0, 0.1) is 0 Å². The van der Waals surface area contributed by atoms with Crippen molar-refractivity contribution in [3.63, 3.8) is 0 Å². The lowest BCUT2D eigenvalue weighted by molar-refractivity contribution is 0.199. The standard InChI is InChI=1S/C4H10O.H4Si/c1-3-4-5-2;/h3-4H2,1-2H3;1H4. The third kappa shape index (κ3) is 8.90. The number of rotatable bonds is 2. The van der Waals surface area contributed by atoms with Crippen LogP contribution < -0.4 is 0 Å². The van der Waals surface area contributed by atoms with Gasteiger partial charge in [0.25, 0.3) is 0 Å². The van der Waals surface area contributed by atoms with Crippen LogP contribution in [-0.2, 0) is 4.74 Å². The molecule has 0 amide bonds. The van der Waals surface area contributed by atoms with Gasteiger partial charge in [-0.2, -0.15) is 0 Å². The van der Waals surface area contributed by atoms with E-state index in [2.05, 4.69) is 6.92 Å². The topological polar surface area (TPSA) is 9.23 Å². The predicted molar refractivity (Wildman–Crippen MR) is 33.5 cm³/mol. The molecule has 0 aromatic carbocycles. The second kappa shape index (κ2) is 8.95. The molecule has 0 aliphatic heterocycles. The first-order valence-corrected chi connectivity index (χ1v) is 1.90. The van der Waals surface area contributed by atoms with E-state index >= 15 is 0 Å². The quantitative estimate of drug-likeness (QED) is 0.435. The maximum Gasteiger partial charge on any atom is 0.0459 e. The van der Waals surface area contributed by atoms with Gasteiger partial charge in [0.15, 0.2) is 0 Å². The van der Waals surface area contributed by atoms with E-state index in [1.165, 1.54) is 0 Å². The molecular formula is C4H14OSi. The smallest absolute Gasteiger partial charge is 0.0459 e. The Morgan fingerprint density at radius 2 is 2.00 bits per heavy atom. The van der Waals surface area contributed by atoms with Crippen molar-refractivity contribution in [3.05, 3.63) is 0 Å². The number of methoxy groups -OCH3 is 1. The fourth-order valence-corrected chi connectivity index (χ4v) is 0.204. The van der Waals surface area contributed by atoms with Crippen molar-refractivity contribution in [1.82, 2.24) is 0 Å². The van der Waals surface area contributed by atoms with Crippen LogP contribution >= 0.6 is 0 Å². The molecule has 0 aliphatic carbocycles. The lowest BCUT2D eigenvalue weighted by atomic mass is 10.5. The lowest BCUT2D eigenvalue weighted by Crippen LogP contribution is -1.80. The van der Waals surface area contributed by atoms with Gasteiger partial charge in [0, 0.05) is 13.7 Å². The molecule has 0 fully saturated rings. The first-order valence-electron chi connectivity index (χ1n) is 1.90. The molecule has 0 atom stereocenters. The minimum absolute atomic E-state index is 0. The van der Waals surface area contributed by atoms with E-state index in [1.807, 2.05) is 0 Å². The predicted octanol–water partition coefficient (Wildman–Crippen LogP) is -0.409. The van der Waals surface area contributed by atoms with Gasteiger partial charge in [-0.25, -0.2) is 0 Å². The van der Waals surface area contributed by atoms with E-state index in [9.17, 15) is 0 Å². The third-order valence-corrected chi connectivity index (χ3v) is 0.408. The SMILES string of the molecule is CCCOC.[SiH4]. The van der Waals surface area contributed by atoms with E-state index in [0.717, 1.165) is 13.0 Å². The molecule has 1 nitrogen and oxygen atoms in total. The van der Waals surface area contributed by atoms with E-state index in [-0.39, 0.29) is 11.0 Å². The molecule has 0 heterocycles. The summed E-state index contributed by atoms with van der Waals surface area (Å²) in [6, 6.07) is 0. The van der Waals surface area contributed by atoms with Gasteiger partial charge in [-0.1, -0.05) is 6.92 Å². The van der Waals surface area contributed by atoms with Gasteiger partial charge >= 0.3 is 0 Å². The normalized spacial score (nSPS) is 7.00. The van der Waals surface area contributed by atoms with Crippen molar-refractivity contribution in [1.29, 1.82) is 0 Å². The van der Waals surface area contributed by atoms with Gasteiger partial charge in [-0.3, -0.25) is 0 Å². The van der Waals surface area contributed by atoms with Gasteiger partial charge in [-0.15, -0.1) is 0 Å². The first kappa shape index (κ1) is 9.49. The molecule has 0 aromatic heterocycles. The largest absolute Gasteiger partial charge is 0.385 e.